The van der Waals surface area contributed by atoms with Crippen molar-refractivity contribution in [2.24, 2.45) is 5.92 Å². The van der Waals surface area contributed by atoms with Crippen molar-refractivity contribution in [3.05, 3.63) is 21.8 Å². The lowest BCUT2D eigenvalue weighted by Gasteiger charge is -2.24. The van der Waals surface area contributed by atoms with Gasteiger partial charge in [0.1, 0.15) is 0 Å². The molecule has 13 heteroatoms. The maximum Gasteiger partial charge on any atom is 0.337 e. The summed E-state index contributed by atoms with van der Waals surface area (Å²) in [5.41, 5.74) is -0.109. The molecule has 0 saturated carbocycles. The predicted molar refractivity (Wildman–Crippen MR) is 128 cm³/mol. The predicted octanol–water partition coefficient (Wildman–Crippen LogP) is 0.163. The van der Waals surface area contributed by atoms with Gasteiger partial charge in [-0.25, -0.2) is 4.79 Å². The molecule has 1 unspecified atom stereocenters. The Bertz CT molecular complexity index is 801. The van der Waals surface area contributed by atoms with Gasteiger partial charge in [-0.1, -0.05) is 0 Å². The zero-order valence-electron chi connectivity index (χ0n) is 15.0. The molecule has 29 heavy (non-hydrogen) atoms. The van der Waals surface area contributed by atoms with Crippen LogP contribution in [0.1, 0.15) is 20.7 Å². The molecule has 10 nitrogen and oxygen atoms in total. The molecule has 0 fully saturated rings. The van der Waals surface area contributed by atoms with Gasteiger partial charge in [-0.15, -0.1) is 0 Å². The zero-order valence-corrected chi connectivity index (χ0v) is 21.5. The van der Waals surface area contributed by atoms with Crippen LogP contribution in [0.3, 0.4) is 0 Å². The average Bonchev–Trinajstić information content (AvgIpc) is 2.65. The summed E-state index contributed by atoms with van der Waals surface area (Å²) in [4.78, 5) is 38.2. The summed E-state index contributed by atoms with van der Waals surface area (Å²) in [6.45, 7) is -1.96. The first-order valence-electron chi connectivity index (χ1n) is 8.02. The van der Waals surface area contributed by atoms with Crippen molar-refractivity contribution >= 4 is 91.2 Å². The Hall–Kier alpha value is -0.340. The van der Waals surface area contributed by atoms with Gasteiger partial charge in [-0.05, 0) is 67.8 Å². The summed E-state index contributed by atoms with van der Waals surface area (Å²) in [7, 11) is 1.39. The van der Waals surface area contributed by atoms with Crippen LogP contribution >= 0.6 is 67.8 Å². The van der Waals surface area contributed by atoms with Gasteiger partial charge in [0, 0.05) is 17.2 Å². The molecular weight excluding hydrogens is 729 g/mol. The number of benzene rings is 1. The summed E-state index contributed by atoms with van der Waals surface area (Å²) in [6.07, 6.45) is -1.17. The third kappa shape index (κ3) is 6.33. The fourth-order valence-electron chi connectivity index (χ4n) is 2.25. The van der Waals surface area contributed by atoms with Gasteiger partial charge < -0.3 is 35.7 Å². The molecule has 162 valence electrons. The molecule has 0 spiro atoms. The van der Waals surface area contributed by atoms with E-state index in [0.29, 0.717) is 0 Å². The Morgan fingerprint density at radius 2 is 1.48 bits per heavy atom. The topological polar surface area (TPSA) is 168 Å². The molecule has 0 saturated heterocycles. The number of carboxylic acid groups (broad SMARTS) is 1. The van der Waals surface area contributed by atoms with Gasteiger partial charge in [-0.3, -0.25) is 9.59 Å². The first-order valence-corrected chi connectivity index (χ1v) is 11.3. The molecule has 0 aliphatic rings. The van der Waals surface area contributed by atoms with E-state index in [-0.39, 0.29) is 34.1 Å². The normalized spacial score (nSPS) is 12.0. The number of halogens is 3. The maximum absolute atomic E-state index is 12.9. The van der Waals surface area contributed by atoms with E-state index in [1.54, 1.807) is 67.8 Å². The van der Waals surface area contributed by atoms with Gasteiger partial charge in [0.15, 0.2) is 0 Å². The fraction of sp³-hybridized carbons (Fsp3) is 0.438. The van der Waals surface area contributed by atoms with Gasteiger partial charge >= 0.3 is 5.97 Å². The second-order valence-electron chi connectivity index (χ2n) is 5.95. The van der Waals surface area contributed by atoms with Gasteiger partial charge in [-0.2, -0.15) is 0 Å². The van der Waals surface area contributed by atoms with E-state index in [2.05, 4.69) is 5.32 Å². The summed E-state index contributed by atoms with van der Waals surface area (Å²) in [5, 5.41) is 49.1. The van der Waals surface area contributed by atoms with Crippen molar-refractivity contribution in [3.63, 3.8) is 0 Å². The lowest BCUT2D eigenvalue weighted by atomic mass is 10.1. The van der Waals surface area contributed by atoms with Crippen LogP contribution in [0.2, 0.25) is 0 Å². The monoisotopic (exact) mass is 748 g/mol. The van der Waals surface area contributed by atoms with Crippen molar-refractivity contribution in [1.82, 2.24) is 4.90 Å². The molecule has 6 N–H and O–H groups in total. The largest absolute Gasteiger partial charge is 0.478 e. The van der Waals surface area contributed by atoms with Crippen molar-refractivity contribution in [2.45, 2.75) is 6.10 Å². The Morgan fingerprint density at radius 3 is 1.93 bits per heavy atom. The van der Waals surface area contributed by atoms with Crippen LogP contribution in [0.4, 0.5) is 5.69 Å². The molecule has 0 aromatic heterocycles. The van der Waals surface area contributed by atoms with Crippen molar-refractivity contribution < 1.29 is 39.9 Å². The SMILES string of the molecule is CN(CC(O)CO)C(=O)c1c(I)c(NC(=O)C(CO)CO)c(I)c(C(=O)O)c1I. The Morgan fingerprint density at radius 1 is 0.966 bits per heavy atom. The van der Waals surface area contributed by atoms with Gasteiger partial charge in [0.25, 0.3) is 5.91 Å². The number of aliphatic hydroxyl groups is 4. The van der Waals surface area contributed by atoms with Crippen LogP contribution in [0.15, 0.2) is 0 Å². The number of likely N-dealkylation sites (N-methyl/N-ethyl adjacent to an activating group) is 1. The Balaban J connectivity index is 3.58. The number of anilines is 1. The second kappa shape index (κ2) is 11.9. The summed E-state index contributed by atoms with van der Waals surface area (Å²) >= 11 is 5.28. The number of carbonyl (C=O) groups is 3. The molecule has 0 radical (unpaired) electrons. The first kappa shape index (κ1) is 26.7. The number of nitrogens with zero attached hydrogens (tertiary/aromatic N) is 1. The summed E-state index contributed by atoms with van der Waals surface area (Å²) in [6, 6.07) is 0. The molecule has 0 aliphatic carbocycles. The second-order valence-corrected chi connectivity index (χ2v) is 9.18. The van der Waals surface area contributed by atoms with Crippen LogP contribution in [0.5, 0.6) is 0 Å². The summed E-state index contributed by atoms with van der Waals surface area (Å²) < 4.78 is 0.597. The highest BCUT2D eigenvalue weighted by Gasteiger charge is 2.31. The zero-order chi connectivity index (χ0) is 22.5. The van der Waals surface area contributed by atoms with Crippen LogP contribution in [0.25, 0.3) is 0 Å². The number of carboxylic acids is 1. The highest BCUT2D eigenvalue weighted by Crippen LogP contribution is 2.36. The molecule has 1 aromatic carbocycles. The number of aromatic carboxylic acids is 1. The third-order valence-electron chi connectivity index (χ3n) is 3.85. The summed E-state index contributed by atoms with van der Waals surface area (Å²) in [5.74, 6) is -3.76. The Kier molecular flexibility index (Phi) is 10.9. The molecular formula is C16H19I3N2O8. The van der Waals surface area contributed by atoms with Crippen LogP contribution in [-0.2, 0) is 4.79 Å². The van der Waals surface area contributed by atoms with Crippen LogP contribution in [0, 0.1) is 16.6 Å². The first-order chi connectivity index (χ1) is 13.5. The highest BCUT2D eigenvalue weighted by molar-refractivity contribution is 14.1. The lowest BCUT2D eigenvalue weighted by molar-refractivity contribution is -0.122. The molecule has 0 heterocycles. The third-order valence-corrected chi connectivity index (χ3v) is 7.08. The minimum Gasteiger partial charge on any atom is -0.478 e. The smallest absolute Gasteiger partial charge is 0.337 e. The van der Waals surface area contributed by atoms with Crippen LogP contribution in [-0.4, -0.2) is 87.7 Å². The van der Waals surface area contributed by atoms with E-state index in [9.17, 15) is 34.8 Å². The molecule has 1 aromatic rings. The maximum atomic E-state index is 12.9. The quantitative estimate of drug-likeness (QED) is 0.195. The standard InChI is InChI=1S/C16H19I3N2O8/c1-21(2-7(25)5-24)15(27)8-10(17)9(16(28)29)12(19)13(11(8)18)20-14(26)6(3-22)4-23/h6-7,22-25H,2-5H2,1H3,(H,20,26)(H,28,29). The van der Waals surface area contributed by atoms with Crippen molar-refractivity contribution in [3.8, 4) is 0 Å². The van der Waals surface area contributed by atoms with E-state index in [1.807, 2.05) is 0 Å². The van der Waals surface area contributed by atoms with E-state index < -0.39 is 49.6 Å². The van der Waals surface area contributed by atoms with E-state index in [1.165, 1.54) is 7.05 Å². The number of hydrogen-bond acceptors (Lipinski definition) is 7. The number of rotatable bonds is 9. The highest BCUT2D eigenvalue weighted by atomic mass is 127. The number of amides is 2. The van der Waals surface area contributed by atoms with Gasteiger partial charge in [0.2, 0.25) is 5.91 Å². The lowest BCUT2D eigenvalue weighted by Crippen LogP contribution is -2.37. The molecule has 1 atom stereocenters. The molecule has 0 bridgehead atoms. The molecule has 2 amide bonds. The van der Waals surface area contributed by atoms with Crippen molar-refractivity contribution in [2.75, 3.05) is 38.7 Å². The van der Waals surface area contributed by atoms with E-state index in [4.69, 9.17) is 5.11 Å². The fourth-order valence-corrected chi connectivity index (χ4v) is 6.60. The minimum absolute atomic E-state index is 0.0107. The minimum atomic E-state index is -1.31. The van der Waals surface area contributed by atoms with Crippen molar-refractivity contribution in [1.29, 1.82) is 0 Å². The molecule has 0 aliphatic heterocycles. The number of aliphatic hydroxyl groups excluding tert-OH is 4. The Labute approximate surface area is 207 Å². The van der Waals surface area contributed by atoms with Crippen LogP contribution < -0.4 is 5.32 Å². The number of nitrogens with one attached hydrogen (secondary N) is 1. The van der Waals surface area contributed by atoms with E-state index in [0.717, 1.165) is 4.90 Å². The average molecular weight is 748 g/mol. The van der Waals surface area contributed by atoms with Gasteiger partial charge in [0.05, 0.1) is 55.8 Å². The van der Waals surface area contributed by atoms with E-state index >= 15 is 0 Å². The molecule has 1 rings (SSSR count). The number of hydrogen-bond donors (Lipinski definition) is 6. The number of carbonyl (C=O) groups excluding carboxylic acids is 2.